The van der Waals surface area contributed by atoms with Crippen LogP contribution in [0.4, 0.5) is 5.69 Å². The molecule has 4 aromatic rings. The summed E-state index contributed by atoms with van der Waals surface area (Å²) in [6.07, 6.45) is 5.50. The monoisotopic (exact) mass is 469 g/mol. The SMILES string of the molecule is COc1ccccc1N1C(=S)NC(c2ccccn2)C1c1cc(C)n(Cc2ccncc2)c1C. The van der Waals surface area contributed by atoms with Gasteiger partial charge in [-0.2, -0.15) is 0 Å². The van der Waals surface area contributed by atoms with Gasteiger partial charge in [-0.25, -0.2) is 0 Å². The van der Waals surface area contributed by atoms with Crippen molar-refractivity contribution in [2.24, 2.45) is 0 Å². The maximum Gasteiger partial charge on any atom is 0.174 e. The number of aryl methyl sites for hydroxylation is 1. The van der Waals surface area contributed by atoms with Crippen LogP contribution in [-0.4, -0.2) is 26.8 Å². The molecule has 2 atom stereocenters. The molecule has 0 amide bonds. The number of thiocarbonyl (C=S) groups is 1. The molecule has 1 fully saturated rings. The topological polar surface area (TPSA) is 55.2 Å². The maximum absolute atomic E-state index is 5.89. The molecule has 4 heterocycles. The molecule has 3 aromatic heterocycles. The van der Waals surface area contributed by atoms with Gasteiger partial charge in [0.25, 0.3) is 0 Å². The third-order valence-electron chi connectivity index (χ3n) is 6.46. The Kier molecular flexibility index (Phi) is 6.02. The van der Waals surface area contributed by atoms with E-state index >= 15 is 0 Å². The fourth-order valence-corrected chi connectivity index (χ4v) is 5.14. The second-order valence-electron chi connectivity index (χ2n) is 8.44. The van der Waals surface area contributed by atoms with Gasteiger partial charge in [-0.15, -0.1) is 0 Å². The number of hydrogen-bond donors (Lipinski definition) is 1. The highest BCUT2D eigenvalue weighted by atomic mass is 32.1. The summed E-state index contributed by atoms with van der Waals surface area (Å²) in [4.78, 5) is 11.0. The normalized spacial score (nSPS) is 17.6. The number of benzene rings is 1. The van der Waals surface area contributed by atoms with Gasteiger partial charge >= 0.3 is 0 Å². The summed E-state index contributed by atoms with van der Waals surface area (Å²) in [5, 5.41) is 4.20. The van der Waals surface area contributed by atoms with Crippen LogP contribution in [0, 0.1) is 13.8 Å². The molecule has 0 aliphatic carbocycles. The first kappa shape index (κ1) is 22.1. The quantitative estimate of drug-likeness (QED) is 0.395. The number of ether oxygens (including phenoxy) is 1. The number of nitrogens with zero attached hydrogens (tertiary/aromatic N) is 4. The Morgan fingerprint density at radius 3 is 2.50 bits per heavy atom. The van der Waals surface area contributed by atoms with Gasteiger partial charge in [-0.1, -0.05) is 18.2 Å². The number of pyridine rings is 2. The molecular formula is C27H27N5OS. The Morgan fingerprint density at radius 2 is 1.76 bits per heavy atom. The van der Waals surface area contributed by atoms with Gasteiger partial charge in [0.15, 0.2) is 5.11 Å². The highest BCUT2D eigenvalue weighted by Gasteiger charge is 2.43. The van der Waals surface area contributed by atoms with E-state index in [9.17, 15) is 0 Å². The smallest absolute Gasteiger partial charge is 0.174 e. The van der Waals surface area contributed by atoms with E-state index in [0.29, 0.717) is 5.11 Å². The lowest BCUT2D eigenvalue weighted by molar-refractivity contribution is 0.414. The third kappa shape index (κ3) is 3.92. The molecular weight excluding hydrogens is 442 g/mol. The number of aromatic nitrogens is 3. The van der Waals surface area contributed by atoms with Crippen LogP contribution in [0.1, 0.15) is 40.3 Å². The van der Waals surface area contributed by atoms with Crippen LogP contribution in [-0.2, 0) is 6.54 Å². The van der Waals surface area contributed by atoms with Crippen molar-refractivity contribution in [1.29, 1.82) is 0 Å². The molecule has 0 bridgehead atoms. The average molecular weight is 470 g/mol. The molecule has 5 rings (SSSR count). The van der Waals surface area contributed by atoms with E-state index in [4.69, 9.17) is 17.0 Å². The van der Waals surface area contributed by atoms with E-state index < -0.39 is 0 Å². The molecule has 0 radical (unpaired) electrons. The summed E-state index contributed by atoms with van der Waals surface area (Å²) in [7, 11) is 1.69. The predicted octanol–water partition coefficient (Wildman–Crippen LogP) is 5.13. The number of anilines is 1. The van der Waals surface area contributed by atoms with E-state index in [-0.39, 0.29) is 12.1 Å². The Morgan fingerprint density at radius 1 is 1.00 bits per heavy atom. The summed E-state index contributed by atoms with van der Waals surface area (Å²) in [6, 6.07) is 20.2. The minimum absolute atomic E-state index is 0.0870. The zero-order valence-electron chi connectivity index (χ0n) is 19.5. The number of hydrogen-bond acceptors (Lipinski definition) is 4. The highest BCUT2D eigenvalue weighted by molar-refractivity contribution is 7.80. The van der Waals surface area contributed by atoms with Crippen LogP contribution < -0.4 is 15.0 Å². The van der Waals surface area contributed by atoms with Crippen molar-refractivity contribution in [3.8, 4) is 5.75 Å². The van der Waals surface area contributed by atoms with Gasteiger partial charge in [-0.3, -0.25) is 9.97 Å². The van der Waals surface area contributed by atoms with Gasteiger partial charge < -0.3 is 19.5 Å². The summed E-state index contributed by atoms with van der Waals surface area (Å²) >= 11 is 5.89. The lowest BCUT2D eigenvalue weighted by atomic mass is 9.96. The van der Waals surface area contributed by atoms with Crippen molar-refractivity contribution >= 4 is 23.0 Å². The fourth-order valence-electron chi connectivity index (χ4n) is 4.80. The molecule has 1 N–H and O–H groups in total. The second-order valence-corrected chi connectivity index (χ2v) is 8.82. The molecule has 34 heavy (non-hydrogen) atoms. The zero-order valence-corrected chi connectivity index (χ0v) is 20.3. The number of para-hydroxylation sites is 2. The van der Waals surface area contributed by atoms with Crippen molar-refractivity contribution < 1.29 is 4.74 Å². The second kappa shape index (κ2) is 9.27. The highest BCUT2D eigenvalue weighted by Crippen LogP contribution is 2.45. The van der Waals surface area contributed by atoms with Crippen LogP contribution >= 0.6 is 12.2 Å². The number of methoxy groups -OCH3 is 1. The summed E-state index contributed by atoms with van der Waals surface area (Å²) < 4.78 is 8.06. The van der Waals surface area contributed by atoms with Crippen LogP contribution in [0.15, 0.2) is 79.3 Å². The summed E-state index contributed by atoms with van der Waals surface area (Å²) in [6.45, 7) is 5.12. The first-order chi connectivity index (χ1) is 16.6. The lowest BCUT2D eigenvalue weighted by Crippen LogP contribution is -2.30. The van der Waals surface area contributed by atoms with E-state index in [2.05, 4.69) is 68.9 Å². The Bertz CT molecular complexity index is 1310. The van der Waals surface area contributed by atoms with Crippen molar-refractivity contribution in [3.63, 3.8) is 0 Å². The molecule has 7 heteroatoms. The molecule has 1 saturated heterocycles. The number of rotatable bonds is 6. The van der Waals surface area contributed by atoms with Crippen LogP contribution in [0.25, 0.3) is 0 Å². The fraction of sp³-hybridized carbons (Fsp3) is 0.222. The molecule has 2 unspecified atom stereocenters. The van der Waals surface area contributed by atoms with Crippen molar-refractivity contribution in [2.75, 3.05) is 12.0 Å². The predicted molar refractivity (Wildman–Crippen MR) is 138 cm³/mol. The standard InChI is InChI=1S/C27H27N5OS/c1-18-16-21(19(2)31(18)17-20-11-14-28-15-12-20)26-25(22-8-6-7-13-29-22)30-27(34)32(26)23-9-4-5-10-24(23)33-3/h4-16,25-26H,17H2,1-3H3,(H,30,34). The van der Waals surface area contributed by atoms with E-state index in [0.717, 1.165) is 23.7 Å². The third-order valence-corrected chi connectivity index (χ3v) is 6.78. The van der Waals surface area contributed by atoms with Crippen molar-refractivity contribution in [3.05, 3.63) is 107 Å². The first-order valence-corrected chi connectivity index (χ1v) is 11.7. The molecule has 172 valence electrons. The van der Waals surface area contributed by atoms with Crippen molar-refractivity contribution in [1.82, 2.24) is 19.9 Å². The van der Waals surface area contributed by atoms with E-state index in [1.54, 1.807) is 7.11 Å². The van der Waals surface area contributed by atoms with Crippen LogP contribution in [0.5, 0.6) is 5.75 Å². The number of nitrogens with one attached hydrogen (secondary N) is 1. The molecule has 1 aliphatic rings. The molecule has 6 nitrogen and oxygen atoms in total. The average Bonchev–Trinajstić information content (AvgIpc) is 3.36. The Balaban J connectivity index is 1.64. The Labute approximate surface area is 205 Å². The maximum atomic E-state index is 5.89. The minimum atomic E-state index is -0.103. The van der Waals surface area contributed by atoms with Gasteiger partial charge in [0.2, 0.25) is 0 Å². The van der Waals surface area contributed by atoms with Gasteiger partial charge in [-0.05, 0) is 79.7 Å². The van der Waals surface area contributed by atoms with Gasteiger partial charge in [0, 0.05) is 36.5 Å². The van der Waals surface area contributed by atoms with E-state index in [1.807, 2.05) is 48.9 Å². The van der Waals surface area contributed by atoms with Gasteiger partial charge in [0.05, 0.1) is 30.6 Å². The van der Waals surface area contributed by atoms with Gasteiger partial charge in [0.1, 0.15) is 5.75 Å². The molecule has 1 aromatic carbocycles. The largest absolute Gasteiger partial charge is 0.495 e. The zero-order chi connectivity index (χ0) is 23.7. The minimum Gasteiger partial charge on any atom is -0.495 e. The summed E-state index contributed by atoms with van der Waals surface area (Å²) in [5.74, 6) is 0.781. The van der Waals surface area contributed by atoms with Crippen LogP contribution in [0.3, 0.4) is 0 Å². The molecule has 0 saturated carbocycles. The molecule has 0 spiro atoms. The van der Waals surface area contributed by atoms with Crippen LogP contribution in [0.2, 0.25) is 0 Å². The Hall–Kier alpha value is -3.71. The lowest BCUT2D eigenvalue weighted by Gasteiger charge is -2.29. The van der Waals surface area contributed by atoms with Crippen molar-refractivity contribution in [2.45, 2.75) is 32.5 Å². The van der Waals surface area contributed by atoms with E-state index in [1.165, 1.54) is 22.5 Å². The first-order valence-electron chi connectivity index (χ1n) is 11.3. The summed E-state index contributed by atoms with van der Waals surface area (Å²) in [5.41, 5.74) is 6.70. The molecule has 1 aliphatic heterocycles.